The highest BCUT2D eigenvalue weighted by Crippen LogP contribution is 2.20. The van der Waals surface area contributed by atoms with Crippen molar-refractivity contribution in [3.05, 3.63) is 65.7 Å². The van der Waals surface area contributed by atoms with E-state index in [2.05, 4.69) is 22.8 Å². The largest absolute Gasteiger partial charge is 0.349 e. The van der Waals surface area contributed by atoms with Crippen molar-refractivity contribution in [3.8, 4) is 0 Å². The van der Waals surface area contributed by atoms with Crippen LogP contribution in [0.5, 0.6) is 0 Å². The minimum absolute atomic E-state index is 0.0915. The summed E-state index contributed by atoms with van der Waals surface area (Å²) in [5.74, 6) is -0.201. The first-order valence-corrected chi connectivity index (χ1v) is 9.81. The van der Waals surface area contributed by atoms with Crippen LogP contribution in [-0.4, -0.2) is 48.9 Å². The Morgan fingerprint density at radius 3 is 2.54 bits per heavy atom. The summed E-state index contributed by atoms with van der Waals surface area (Å²) >= 11 is 0. The number of nitrogens with one attached hydrogen (secondary N) is 2. The van der Waals surface area contributed by atoms with Crippen LogP contribution in [0.3, 0.4) is 0 Å². The van der Waals surface area contributed by atoms with E-state index in [-0.39, 0.29) is 18.4 Å². The quantitative estimate of drug-likeness (QED) is 0.588. The maximum Gasteiger partial charge on any atom is 0.251 e. The molecule has 28 heavy (non-hydrogen) atoms. The molecule has 0 heterocycles. The molecule has 2 aromatic rings. The van der Waals surface area contributed by atoms with Crippen LogP contribution in [0, 0.1) is 0 Å². The van der Waals surface area contributed by atoms with E-state index >= 15 is 0 Å². The Labute approximate surface area is 166 Å². The molecule has 0 aliphatic heterocycles. The van der Waals surface area contributed by atoms with Crippen LogP contribution in [0.25, 0.3) is 0 Å². The Morgan fingerprint density at radius 2 is 1.82 bits per heavy atom. The highest BCUT2D eigenvalue weighted by atomic mass is 16.2. The lowest BCUT2D eigenvalue weighted by Crippen LogP contribution is -2.38. The number of nitrogens with two attached hydrogens (primary N) is 1. The summed E-state index contributed by atoms with van der Waals surface area (Å²) in [7, 11) is 0. The van der Waals surface area contributed by atoms with Gasteiger partial charge in [0.15, 0.2) is 0 Å². The molecule has 0 saturated heterocycles. The summed E-state index contributed by atoms with van der Waals surface area (Å²) < 4.78 is 0. The first-order valence-electron chi connectivity index (χ1n) is 9.81. The van der Waals surface area contributed by atoms with Gasteiger partial charge in [-0.25, -0.2) is 0 Å². The molecular weight excluding hydrogens is 352 g/mol. The van der Waals surface area contributed by atoms with Gasteiger partial charge in [0.25, 0.3) is 5.91 Å². The molecule has 1 aliphatic carbocycles. The smallest absolute Gasteiger partial charge is 0.251 e. The summed E-state index contributed by atoms with van der Waals surface area (Å²) in [6.07, 6.45) is 2.95. The van der Waals surface area contributed by atoms with E-state index in [0.29, 0.717) is 30.4 Å². The summed E-state index contributed by atoms with van der Waals surface area (Å²) in [5.41, 5.74) is 8.13. The van der Waals surface area contributed by atoms with Crippen molar-refractivity contribution in [2.45, 2.75) is 25.3 Å². The number of amides is 2. The number of benzene rings is 2. The summed E-state index contributed by atoms with van der Waals surface area (Å²) in [5, 5.41) is 5.85. The van der Waals surface area contributed by atoms with Crippen LogP contribution in [-0.2, 0) is 11.2 Å². The molecule has 0 bridgehead atoms. The molecule has 3 rings (SSSR count). The van der Waals surface area contributed by atoms with Gasteiger partial charge in [0.05, 0.1) is 6.54 Å². The Kier molecular flexibility index (Phi) is 7.17. The minimum Gasteiger partial charge on any atom is -0.349 e. The average molecular weight is 380 g/mol. The van der Waals surface area contributed by atoms with Gasteiger partial charge in [-0.3, -0.25) is 14.5 Å². The fourth-order valence-electron chi connectivity index (χ4n) is 3.02. The van der Waals surface area contributed by atoms with Gasteiger partial charge < -0.3 is 16.4 Å². The Balaban J connectivity index is 1.52. The van der Waals surface area contributed by atoms with E-state index < -0.39 is 0 Å². The zero-order chi connectivity index (χ0) is 19.8. The van der Waals surface area contributed by atoms with Crippen molar-refractivity contribution in [2.24, 2.45) is 5.73 Å². The molecule has 2 amide bonds. The molecule has 4 N–H and O–H groups in total. The molecule has 0 unspecified atom stereocenters. The number of rotatable bonds is 10. The van der Waals surface area contributed by atoms with E-state index in [9.17, 15) is 9.59 Å². The predicted octanol–water partition coefficient (Wildman–Crippen LogP) is 2.02. The number of hydrogen-bond donors (Lipinski definition) is 3. The molecule has 2 aromatic carbocycles. The predicted molar refractivity (Wildman–Crippen MR) is 111 cm³/mol. The van der Waals surface area contributed by atoms with Crippen molar-refractivity contribution in [1.29, 1.82) is 0 Å². The Morgan fingerprint density at radius 1 is 1.04 bits per heavy atom. The van der Waals surface area contributed by atoms with E-state index in [1.165, 1.54) is 5.56 Å². The second-order valence-corrected chi connectivity index (χ2v) is 7.18. The molecule has 6 heteroatoms. The number of carbonyl (C=O) groups excluding carboxylic acids is 2. The molecule has 1 aliphatic rings. The van der Waals surface area contributed by atoms with Crippen molar-refractivity contribution in [2.75, 3.05) is 31.5 Å². The van der Waals surface area contributed by atoms with Crippen LogP contribution < -0.4 is 16.4 Å². The number of anilines is 1. The lowest BCUT2D eigenvalue weighted by atomic mass is 10.1. The van der Waals surface area contributed by atoms with Gasteiger partial charge >= 0.3 is 0 Å². The number of carbonyl (C=O) groups is 2. The van der Waals surface area contributed by atoms with Crippen LogP contribution in [0.4, 0.5) is 5.69 Å². The average Bonchev–Trinajstić information content (AvgIpc) is 3.51. The molecular formula is C22H28N4O2. The topological polar surface area (TPSA) is 87.5 Å². The van der Waals surface area contributed by atoms with Gasteiger partial charge in [0, 0.05) is 36.9 Å². The van der Waals surface area contributed by atoms with E-state index in [4.69, 9.17) is 5.73 Å². The van der Waals surface area contributed by atoms with E-state index in [1.807, 2.05) is 23.1 Å². The first kappa shape index (κ1) is 20.0. The molecule has 0 radical (unpaired) electrons. The summed E-state index contributed by atoms with van der Waals surface area (Å²) in [6.45, 7) is 2.18. The fraction of sp³-hybridized carbons (Fsp3) is 0.364. The Bertz CT molecular complexity index is 790. The van der Waals surface area contributed by atoms with Gasteiger partial charge in [-0.1, -0.05) is 36.4 Å². The maximum atomic E-state index is 12.5. The van der Waals surface area contributed by atoms with Gasteiger partial charge in [-0.05, 0) is 43.0 Å². The third-order valence-corrected chi connectivity index (χ3v) is 4.69. The third-order valence-electron chi connectivity index (χ3n) is 4.69. The zero-order valence-electron chi connectivity index (χ0n) is 16.1. The van der Waals surface area contributed by atoms with Crippen LogP contribution in [0.2, 0.25) is 0 Å². The number of hydrogen-bond acceptors (Lipinski definition) is 4. The highest BCUT2D eigenvalue weighted by Gasteiger charge is 2.23. The zero-order valence-corrected chi connectivity index (χ0v) is 16.1. The van der Waals surface area contributed by atoms with Crippen LogP contribution >= 0.6 is 0 Å². The monoisotopic (exact) mass is 380 g/mol. The van der Waals surface area contributed by atoms with Crippen molar-refractivity contribution in [1.82, 2.24) is 10.2 Å². The molecule has 0 spiro atoms. The molecule has 148 valence electrons. The van der Waals surface area contributed by atoms with Gasteiger partial charge in [-0.15, -0.1) is 0 Å². The van der Waals surface area contributed by atoms with Crippen LogP contribution in [0.15, 0.2) is 54.6 Å². The molecule has 1 saturated carbocycles. The lowest BCUT2D eigenvalue weighted by molar-refractivity contribution is -0.117. The van der Waals surface area contributed by atoms with Crippen molar-refractivity contribution < 1.29 is 9.59 Å². The molecule has 1 fully saturated rings. The normalized spacial score (nSPS) is 13.4. The Hall–Kier alpha value is -2.70. The second-order valence-electron chi connectivity index (χ2n) is 7.18. The van der Waals surface area contributed by atoms with Gasteiger partial charge in [0.1, 0.15) is 0 Å². The fourth-order valence-corrected chi connectivity index (χ4v) is 3.02. The summed E-state index contributed by atoms with van der Waals surface area (Å²) in [4.78, 5) is 26.7. The number of nitrogens with zero attached hydrogens (tertiary/aromatic N) is 1. The van der Waals surface area contributed by atoms with Gasteiger partial charge in [-0.2, -0.15) is 0 Å². The minimum atomic E-state index is -0.110. The second kappa shape index (κ2) is 10.0. The SMILES string of the molecule is NCCN(CCc1ccccc1)CC(=O)Nc1cccc(C(=O)NC2CC2)c1. The summed E-state index contributed by atoms with van der Waals surface area (Å²) in [6, 6.07) is 17.5. The standard InChI is InChI=1S/C22H28N4O2/c23-12-14-26(13-11-17-5-2-1-3-6-17)16-21(27)24-20-8-4-7-18(15-20)22(28)25-19-9-10-19/h1-8,15,19H,9-14,16,23H2,(H,24,27)(H,25,28). The van der Waals surface area contributed by atoms with E-state index in [1.54, 1.807) is 24.3 Å². The van der Waals surface area contributed by atoms with Crippen molar-refractivity contribution in [3.63, 3.8) is 0 Å². The van der Waals surface area contributed by atoms with E-state index in [0.717, 1.165) is 25.8 Å². The first-order chi connectivity index (χ1) is 13.6. The van der Waals surface area contributed by atoms with Crippen molar-refractivity contribution >= 4 is 17.5 Å². The highest BCUT2D eigenvalue weighted by molar-refractivity contribution is 5.97. The molecule has 0 aromatic heterocycles. The third kappa shape index (κ3) is 6.48. The molecule has 0 atom stereocenters. The lowest BCUT2D eigenvalue weighted by Gasteiger charge is -2.21. The van der Waals surface area contributed by atoms with Gasteiger partial charge in [0.2, 0.25) is 5.91 Å². The maximum absolute atomic E-state index is 12.5. The molecule has 6 nitrogen and oxygen atoms in total. The van der Waals surface area contributed by atoms with Crippen LogP contribution in [0.1, 0.15) is 28.8 Å².